The Hall–Kier alpha value is -2.33. The van der Waals surface area contributed by atoms with Crippen molar-refractivity contribution in [3.63, 3.8) is 0 Å². The first-order valence-electron chi connectivity index (χ1n) is 14.2. The molecule has 0 saturated heterocycles. The van der Waals surface area contributed by atoms with Crippen LogP contribution in [0.15, 0.2) is 54.6 Å². The van der Waals surface area contributed by atoms with Crippen LogP contribution in [-0.4, -0.2) is 37.4 Å². The molecule has 36 heavy (non-hydrogen) atoms. The number of ether oxygens (including phenoxy) is 2. The van der Waals surface area contributed by atoms with Crippen molar-refractivity contribution < 1.29 is 18.8 Å². The highest BCUT2D eigenvalue weighted by atomic mass is 16.7. The third kappa shape index (κ3) is 12.6. The summed E-state index contributed by atoms with van der Waals surface area (Å²) in [6, 6.07) is 18.8. The molecule has 0 aromatic heterocycles. The second kappa shape index (κ2) is 17.2. The van der Waals surface area contributed by atoms with Crippen molar-refractivity contribution in [1.82, 2.24) is 0 Å². The Bertz CT molecular complexity index is 849. The first kappa shape index (κ1) is 29.9. The van der Waals surface area contributed by atoms with Gasteiger partial charge in [0.25, 0.3) is 0 Å². The van der Waals surface area contributed by atoms with Gasteiger partial charge in [0.1, 0.15) is 12.3 Å². The molecule has 0 spiro atoms. The van der Waals surface area contributed by atoms with Crippen LogP contribution >= 0.6 is 0 Å². The fraction of sp³-hybridized carbons (Fsp3) is 0.594. The number of quaternary nitrogens is 1. The number of carbonyl (C=O) groups is 1. The van der Waals surface area contributed by atoms with Crippen LogP contribution in [0, 0.1) is 0 Å². The molecule has 2 aromatic rings. The van der Waals surface area contributed by atoms with E-state index in [1.807, 2.05) is 12.1 Å². The van der Waals surface area contributed by atoms with Crippen LogP contribution in [0.2, 0.25) is 0 Å². The van der Waals surface area contributed by atoms with Gasteiger partial charge in [-0.15, -0.1) is 0 Å². The predicted molar refractivity (Wildman–Crippen MR) is 150 cm³/mol. The quantitative estimate of drug-likeness (QED) is 0.0853. The number of rotatable bonds is 19. The number of carbonyl (C=O) groups excluding carboxylic acids is 1. The number of aryl methyl sites for hydroxylation is 1. The smallest absolute Gasteiger partial charge is 0.308 e. The highest BCUT2D eigenvalue weighted by Gasteiger charge is 2.19. The molecule has 4 heteroatoms. The molecule has 0 heterocycles. The van der Waals surface area contributed by atoms with Crippen LogP contribution in [0.5, 0.6) is 5.75 Å². The molecule has 0 saturated carbocycles. The summed E-state index contributed by atoms with van der Waals surface area (Å²) < 4.78 is 12.9. The van der Waals surface area contributed by atoms with Gasteiger partial charge in [-0.1, -0.05) is 94.5 Å². The predicted octanol–water partition coefficient (Wildman–Crippen LogP) is 8.08. The van der Waals surface area contributed by atoms with Gasteiger partial charge in [-0.05, 0) is 43.7 Å². The first-order chi connectivity index (χ1) is 17.4. The van der Waals surface area contributed by atoms with Crippen molar-refractivity contribution in [2.45, 2.75) is 104 Å². The molecule has 2 rings (SSSR count). The maximum atomic E-state index is 12.6. The molecule has 0 aliphatic heterocycles. The molecule has 200 valence electrons. The fourth-order valence-electron chi connectivity index (χ4n) is 4.61. The molecule has 1 atom stereocenters. The number of unbranched alkanes of at least 4 members (excludes halogenated alkanes) is 6. The summed E-state index contributed by atoms with van der Waals surface area (Å²) in [5.41, 5.74) is 2.56. The maximum absolute atomic E-state index is 12.6. The topological polar surface area (TPSA) is 35.5 Å². The highest BCUT2D eigenvalue weighted by molar-refractivity contribution is 5.69. The van der Waals surface area contributed by atoms with Gasteiger partial charge in [0.2, 0.25) is 6.29 Å². The molecule has 0 fully saturated rings. The second-order valence-electron chi connectivity index (χ2n) is 10.7. The molecule has 1 unspecified atom stereocenters. The number of para-hydroxylation sites is 1. The lowest BCUT2D eigenvalue weighted by atomic mass is 10.0. The molecular weight excluding hydrogens is 446 g/mol. The minimum atomic E-state index is -0.515. The molecule has 0 bridgehead atoms. The highest BCUT2D eigenvalue weighted by Crippen LogP contribution is 2.24. The third-order valence-electron chi connectivity index (χ3n) is 6.67. The van der Waals surface area contributed by atoms with Crippen LogP contribution < -0.4 is 4.74 Å². The molecule has 0 radical (unpaired) electrons. The SMILES string of the molecule is CCCCCCCCc1ccccc1OC(CCC)OC(=O)CCCC[N+](C)(C)Cc1ccccc1. The maximum Gasteiger partial charge on any atom is 0.308 e. The Labute approximate surface area is 220 Å². The van der Waals surface area contributed by atoms with E-state index in [1.54, 1.807) is 0 Å². The Kier molecular flexibility index (Phi) is 14.3. The van der Waals surface area contributed by atoms with Crippen LogP contribution in [0.4, 0.5) is 0 Å². The van der Waals surface area contributed by atoms with E-state index in [0.717, 1.165) is 49.0 Å². The van der Waals surface area contributed by atoms with Gasteiger partial charge in [-0.25, -0.2) is 0 Å². The molecule has 0 N–H and O–H groups in total. The first-order valence-corrected chi connectivity index (χ1v) is 14.2. The number of hydrogen-bond acceptors (Lipinski definition) is 3. The zero-order valence-electron chi connectivity index (χ0n) is 23.3. The van der Waals surface area contributed by atoms with E-state index >= 15 is 0 Å². The van der Waals surface area contributed by atoms with Gasteiger partial charge in [0, 0.05) is 18.4 Å². The Morgan fingerprint density at radius 1 is 0.806 bits per heavy atom. The van der Waals surface area contributed by atoms with E-state index in [0.29, 0.717) is 12.8 Å². The summed E-state index contributed by atoms with van der Waals surface area (Å²) in [5.74, 6) is 0.701. The van der Waals surface area contributed by atoms with Crippen molar-refractivity contribution in [3.8, 4) is 5.75 Å². The number of benzene rings is 2. The van der Waals surface area contributed by atoms with E-state index in [-0.39, 0.29) is 5.97 Å². The van der Waals surface area contributed by atoms with Crippen molar-refractivity contribution >= 4 is 5.97 Å². The molecule has 4 nitrogen and oxygen atoms in total. The summed E-state index contributed by atoms with van der Waals surface area (Å²) in [4.78, 5) is 12.6. The Morgan fingerprint density at radius 2 is 1.50 bits per heavy atom. The summed E-state index contributed by atoms with van der Waals surface area (Å²) in [6.45, 7) is 6.37. The fourth-order valence-corrected chi connectivity index (χ4v) is 4.61. The van der Waals surface area contributed by atoms with Crippen molar-refractivity contribution in [1.29, 1.82) is 0 Å². The van der Waals surface area contributed by atoms with E-state index in [9.17, 15) is 4.79 Å². The van der Waals surface area contributed by atoms with Crippen molar-refractivity contribution in [3.05, 3.63) is 65.7 Å². The minimum Gasteiger partial charge on any atom is -0.455 e. The monoisotopic (exact) mass is 496 g/mol. The standard InChI is InChI=1S/C32H50NO3/c1-5-7-8-9-10-14-22-29-23-15-16-24-30(29)35-32(19-6-2)36-31(34)25-17-18-26-33(3,4)27-28-20-12-11-13-21-28/h11-13,15-16,20-21,23-24,32H,5-10,14,17-19,22,25-27H2,1-4H3/q+1. The van der Waals surface area contributed by atoms with E-state index in [2.05, 4.69) is 70.4 Å². The third-order valence-corrected chi connectivity index (χ3v) is 6.67. The summed E-state index contributed by atoms with van der Waals surface area (Å²) in [7, 11) is 4.50. The minimum absolute atomic E-state index is 0.157. The van der Waals surface area contributed by atoms with Crippen LogP contribution in [0.25, 0.3) is 0 Å². The zero-order chi connectivity index (χ0) is 26.1. The Morgan fingerprint density at radius 3 is 2.25 bits per heavy atom. The molecule has 0 amide bonds. The normalized spacial score (nSPS) is 12.3. The van der Waals surface area contributed by atoms with Gasteiger partial charge < -0.3 is 14.0 Å². The van der Waals surface area contributed by atoms with Gasteiger partial charge in [0.05, 0.1) is 20.6 Å². The number of nitrogens with zero attached hydrogens (tertiary/aromatic N) is 1. The average Bonchev–Trinajstić information content (AvgIpc) is 2.85. The second-order valence-corrected chi connectivity index (χ2v) is 10.7. The molecule has 0 aliphatic carbocycles. The lowest BCUT2D eigenvalue weighted by Crippen LogP contribution is -2.39. The summed E-state index contributed by atoms with van der Waals surface area (Å²) >= 11 is 0. The van der Waals surface area contributed by atoms with Gasteiger partial charge in [-0.2, -0.15) is 0 Å². The summed E-state index contributed by atoms with van der Waals surface area (Å²) in [6.07, 6.45) is 12.0. The molecule has 2 aromatic carbocycles. The van der Waals surface area contributed by atoms with Crippen molar-refractivity contribution in [2.24, 2.45) is 0 Å². The van der Waals surface area contributed by atoms with Gasteiger partial charge in [0.15, 0.2) is 0 Å². The molecular formula is C32H50NO3+. The zero-order valence-corrected chi connectivity index (χ0v) is 23.3. The van der Waals surface area contributed by atoms with E-state index < -0.39 is 6.29 Å². The molecule has 0 aliphatic rings. The van der Waals surface area contributed by atoms with Crippen LogP contribution in [0.1, 0.15) is 95.6 Å². The van der Waals surface area contributed by atoms with Crippen LogP contribution in [0.3, 0.4) is 0 Å². The van der Waals surface area contributed by atoms with Crippen molar-refractivity contribution in [2.75, 3.05) is 20.6 Å². The van der Waals surface area contributed by atoms with Gasteiger partial charge >= 0.3 is 5.97 Å². The van der Waals surface area contributed by atoms with Crippen LogP contribution in [-0.2, 0) is 22.5 Å². The van der Waals surface area contributed by atoms with Gasteiger partial charge in [-0.3, -0.25) is 4.79 Å². The summed E-state index contributed by atoms with van der Waals surface area (Å²) in [5, 5.41) is 0. The van der Waals surface area contributed by atoms with E-state index in [4.69, 9.17) is 9.47 Å². The number of esters is 1. The lowest BCUT2D eigenvalue weighted by Gasteiger charge is -2.30. The van der Waals surface area contributed by atoms with E-state index in [1.165, 1.54) is 49.7 Å². The number of hydrogen-bond donors (Lipinski definition) is 0. The lowest BCUT2D eigenvalue weighted by molar-refractivity contribution is -0.903. The Balaban J connectivity index is 1.76. The average molecular weight is 497 g/mol. The largest absolute Gasteiger partial charge is 0.455 e.